The Bertz CT molecular complexity index is 2910. The Balaban J connectivity index is 1.12. The minimum atomic E-state index is -0.233. The highest BCUT2D eigenvalue weighted by Crippen LogP contribution is 2.58. The van der Waals surface area contributed by atoms with Gasteiger partial charge in [-0.15, -0.1) is 0 Å². The number of anilines is 3. The van der Waals surface area contributed by atoms with Gasteiger partial charge in [0.05, 0.1) is 0 Å². The second-order valence-electron chi connectivity index (χ2n) is 14.9. The number of furan rings is 1. The van der Waals surface area contributed by atoms with Gasteiger partial charge in [0.1, 0.15) is 17.0 Å². The van der Waals surface area contributed by atoms with Gasteiger partial charge in [-0.3, -0.25) is 0 Å². The van der Waals surface area contributed by atoms with Gasteiger partial charge in [0.15, 0.2) is 0 Å². The summed E-state index contributed by atoms with van der Waals surface area (Å²) in [7, 11) is 0. The van der Waals surface area contributed by atoms with E-state index < -0.39 is 0 Å². The molecule has 0 N–H and O–H groups in total. The third-order valence-electron chi connectivity index (χ3n) is 12.1. The highest BCUT2D eigenvalue weighted by Gasteiger charge is 2.45. The Hall–Kier alpha value is -6.45. The smallest absolute Gasteiger partial charge is 0.135 e. The monoisotopic (exact) mass is 697 g/mol. The second kappa shape index (κ2) is 12.0. The molecule has 2 nitrogen and oxygen atoms in total. The lowest BCUT2D eigenvalue weighted by Crippen LogP contribution is -2.21. The number of halogens is 1. The summed E-state index contributed by atoms with van der Waals surface area (Å²) in [5.41, 5.74) is 15.1. The van der Waals surface area contributed by atoms with Gasteiger partial charge < -0.3 is 9.32 Å². The quantitative estimate of drug-likeness (QED) is 0.178. The summed E-state index contributed by atoms with van der Waals surface area (Å²) in [5.74, 6) is -0.233. The predicted molar refractivity (Wildman–Crippen MR) is 221 cm³/mol. The molecule has 1 heterocycles. The predicted octanol–water partition coefficient (Wildman–Crippen LogP) is 14.5. The van der Waals surface area contributed by atoms with Gasteiger partial charge in [-0.25, -0.2) is 4.39 Å². The molecule has 2 aliphatic carbocycles. The number of hydrogen-bond donors (Lipinski definition) is 0. The van der Waals surface area contributed by atoms with Gasteiger partial charge in [-0.1, -0.05) is 122 Å². The van der Waals surface area contributed by atoms with Crippen molar-refractivity contribution in [2.75, 3.05) is 4.90 Å². The molecule has 0 unspecified atom stereocenters. The lowest BCUT2D eigenvalue weighted by Gasteiger charge is -2.30. The van der Waals surface area contributed by atoms with Crippen molar-refractivity contribution < 1.29 is 8.81 Å². The van der Waals surface area contributed by atoms with E-state index in [1.54, 1.807) is 12.1 Å². The molecule has 1 aromatic heterocycles. The molecule has 8 aromatic carbocycles. The van der Waals surface area contributed by atoms with Crippen LogP contribution in [0.15, 0.2) is 174 Å². The Morgan fingerprint density at radius 3 is 1.96 bits per heavy atom. The fourth-order valence-corrected chi connectivity index (χ4v) is 9.66. The number of hydrogen-bond acceptors (Lipinski definition) is 2. The summed E-state index contributed by atoms with van der Waals surface area (Å²) in [6.07, 6.45) is 4.86. The summed E-state index contributed by atoms with van der Waals surface area (Å²) < 4.78 is 20.3. The highest BCUT2D eigenvalue weighted by molar-refractivity contribution is 6.08. The van der Waals surface area contributed by atoms with Crippen LogP contribution in [0.25, 0.3) is 66.1 Å². The summed E-state index contributed by atoms with van der Waals surface area (Å²) in [4.78, 5) is 2.42. The molecule has 1 saturated carbocycles. The van der Waals surface area contributed by atoms with Crippen molar-refractivity contribution >= 4 is 49.8 Å². The van der Waals surface area contributed by atoms with Crippen LogP contribution < -0.4 is 4.90 Å². The van der Waals surface area contributed by atoms with E-state index in [0.717, 1.165) is 72.0 Å². The number of para-hydroxylation sites is 1. The zero-order chi connectivity index (χ0) is 35.8. The van der Waals surface area contributed by atoms with Crippen LogP contribution in [-0.2, 0) is 5.41 Å². The molecule has 9 aromatic rings. The average molecular weight is 698 g/mol. The van der Waals surface area contributed by atoms with Crippen LogP contribution in [0.3, 0.4) is 0 Å². The van der Waals surface area contributed by atoms with Gasteiger partial charge in [-0.2, -0.15) is 0 Å². The fourth-order valence-electron chi connectivity index (χ4n) is 9.66. The normalized spacial score (nSPS) is 14.2. The van der Waals surface area contributed by atoms with E-state index in [9.17, 15) is 4.39 Å². The van der Waals surface area contributed by atoms with Crippen molar-refractivity contribution in [2.24, 2.45) is 0 Å². The molecule has 0 bridgehead atoms. The number of nitrogens with zero attached hydrogens (tertiary/aromatic N) is 1. The van der Waals surface area contributed by atoms with E-state index >= 15 is 0 Å². The van der Waals surface area contributed by atoms with E-state index in [0.29, 0.717) is 0 Å². The molecule has 0 amide bonds. The van der Waals surface area contributed by atoms with Crippen molar-refractivity contribution in [3.63, 3.8) is 0 Å². The molecule has 11 rings (SSSR count). The molecular formula is C51H36FNO. The Kier molecular flexibility index (Phi) is 6.94. The van der Waals surface area contributed by atoms with Crippen molar-refractivity contribution in [1.29, 1.82) is 0 Å². The van der Waals surface area contributed by atoms with Crippen LogP contribution in [0.1, 0.15) is 36.8 Å². The molecule has 54 heavy (non-hydrogen) atoms. The van der Waals surface area contributed by atoms with Gasteiger partial charge in [-0.05, 0) is 129 Å². The van der Waals surface area contributed by atoms with Crippen molar-refractivity contribution in [1.82, 2.24) is 0 Å². The van der Waals surface area contributed by atoms with Crippen molar-refractivity contribution in [3.8, 4) is 33.4 Å². The number of rotatable bonds is 5. The van der Waals surface area contributed by atoms with Crippen LogP contribution in [-0.4, -0.2) is 0 Å². The standard InChI is InChI=1S/C51H36FNO/c52-36-22-20-33(21-23-36)40-16-8-10-34-11-9-17-41(50(34)40)35-12-7-13-37(30-35)53(38-25-27-49-45(31-38)44-15-2-4-19-48(44)54-49)39-24-26-43-42-14-1-3-18-46(42)51(47(43)32-39)28-5-6-29-51/h1-4,7-27,30-32H,5-6,28-29H2. The minimum Gasteiger partial charge on any atom is -0.456 e. The molecule has 0 aliphatic heterocycles. The van der Waals surface area contributed by atoms with E-state index in [2.05, 4.69) is 138 Å². The first-order valence-electron chi connectivity index (χ1n) is 19.0. The second-order valence-corrected chi connectivity index (χ2v) is 14.9. The van der Waals surface area contributed by atoms with Crippen LogP contribution >= 0.6 is 0 Å². The van der Waals surface area contributed by atoms with E-state index in [4.69, 9.17) is 4.42 Å². The lowest BCUT2D eigenvalue weighted by molar-refractivity contribution is 0.550. The highest BCUT2D eigenvalue weighted by atomic mass is 19.1. The van der Waals surface area contributed by atoms with Gasteiger partial charge in [0.2, 0.25) is 0 Å². The zero-order valence-electron chi connectivity index (χ0n) is 29.7. The maximum atomic E-state index is 14.0. The summed E-state index contributed by atoms with van der Waals surface area (Å²) in [5, 5.41) is 4.51. The van der Waals surface area contributed by atoms with Gasteiger partial charge in [0, 0.05) is 33.2 Å². The SMILES string of the molecule is Fc1ccc(-c2cccc3cccc(-c4cccc(N(c5ccc6c(c5)C5(CCCC5)c5ccccc5-6)c5ccc6oc7ccccc7c6c5)c4)c23)cc1. The Morgan fingerprint density at radius 2 is 1.11 bits per heavy atom. The number of benzene rings is 8. The average Bonchev–Trinajstić information content (AvgIpc) is 3.94. The molecule has 0 radical (unpaired) electrons. The van der Waals surface area contributed by atoms with Crippen LogP contribution in [0.5, 0.6) is 0 Å². The summed E-state index contributed by atoms with van der Waals surface area (Å²) in [6.45, 7) is 0. The third kappa shape index (κ3) is 4.71. The topological polar surface area (TPSA) is 16.4 Å². The molecule has 3 heteroatoms. The van der Waals surface area contributed by atoms with Gasteiger partial charge in [0.25, 0.3) is 0 Å². The lowest BCUT2D eigenvalue weighted by atomic mass is 9.76. The van der Waals surface area contributed by atoms with Crippen molar-refractivity contribution in [2.45, 2.75) is 31.1 Å². The zero-order valence-corrected chi connectivity index (χ0v) is 29.7. The summed E-state index contributed by atoms with van der Waals surface area (Å²) in [6, 6.07) is 59.7. The maximum absolute atomic E-state index is 14.0. The minimum absolute atomic E-state index is 0.0554. The van der Waals surface area contributed by atoms with Crippen LogP contribution in [0, 0.1) is 5.82 Å². The maximum Gasteiger partial charge on any atom is 0.135 e. The Morgan fingerprint density at radius 1 is 0.463 bits per heavy atom. The van der Waals surface area contributed by atoms with Crippen LogP contribution in [0.4, 0.5) is 21.5 Å². The summed E-state index contributed by atoms with van der Waals surface area (Å²) >= 11 is 0. The Labute approximate surface area is 313 Å². The van der Waals surface area contributed by atoms with Crippen molar-refractivity contribution in [3.05, 3.63) is 187 Å². The molecular weight excluding hydrogens is 662 g/mol. The molecule has 258 valence electrons. The van der Waals surface area contributed by atoms with Crippen LogP contribution in [0.2, 0.25) is 0 Å². The molecule has 1 spiro atoms. The first kappa shape index (κ1) is 31.1. The molecule has 0 saturated heterocycles. The first-order chi connectivity index (χ1) is 26.6. The molecule has 1 fully saturated rings. The third-order valence-corrected chi connectivity index (χ3v) is 12.1. The largest absolute Gasteiger partial charge is 0.456 e. The molecule has 0 atom stereocenters. The first-order valence-corrected chi connectivity index (χ1v) is 19.0. The van der Waals surface area contributed by atoms with E-state index in [1.165, 1.54) is 47.9 Å². The van der Waals surface area contributed by atoms with E-state index in [-0.39, 0.29) is 11.2 Å². The number of fused-ring (bicyclic) bond motifs is 9. The van der Waals surface area contributed by atoms with Gasteiger partial charge >= 0.3 is 0 Å². The fraction of sp³-hybridized carbons (Fsp3) is 0.0980. The van der Waals surface area contributed by atoms with E-state index in [1.807, 2.05) is 24.3 Å². The molecule has 2 aliphatic rings.